The normalized spacial score (nSPS) is 22.3. The molecular weight excluding hydrogens is 280 g/mol. The quantitative estimate of drug-likeness (QED) is 0.839. The highest BCUT2D eigenvalue weighted by molar-refractivity contribution is 7.89. The molecule has 1 fully saturated rings. The lowest BCUT2D eigenvalue weighted by Gasteiger charge is -2.23. The van der Waals surface area contributed by atoms with E-state index in [1.54, 1.807) is 12.1 Å². The monoisotopic (exact) mass is 298 g/mol. The second-order valence-electron chi connectivity index (χ2n) is 4.92. The molecule has 7 heteroatoms. The highest BCUT2D eigenvalue weighted by atomic mass is 32.2. The maximum Gasteiger partial charge on any atom is 0.240 e. The first-order valence-corrected chi connectivity index (χ1v) is 8.19. The number of benzene rings is 1. The van der Waals surface area contributed by atoms with Crippen molar-refractivity contribution in [1.29, 1.82) is 0 Å². The van der Waals surface area contributed by atoms with Gasteiger partial charge in [0.1, 0.15) is 0 Å². The van der Waals surface area contributed by atoms with Gasteiger partial charge in [-0.05, 0) is 24.1 Å². The molecule has 0 saturated carbocycles. The van der Waals surface area contributed by atoms with E-state index < -0.39 is 10.0 Å². The van der Waals surface area contributed by atoms with Crippen LogP contribution in [0.25, 0.3) is 0 Å². The minimum absolute atomic E-state index is 0.217. The molecule has 1 aromatic rings. The van der Waals surface area contributed by atoms with E-state index in [0.29, 0.717) is 19.8 Å². The minimum Gasteiger partial charge on any atom is -0.384 e. The standard InChI is InChI=1S/C13H18N2O4S/c16-20(17,15-8-11-9-18-5-6-19-11)12-2-1-10-3-4-14-13(10)7-12/h1-2,7,11,14-15H,3-6,8-9H2. The topological polar surface area (TPSA) is 76.7 Å². The van der Waals surface area contributed by atoms with E-state index in [1.165, 1.54) is 0 Å². The molecule has 0 spiro atoms. The first-order valence-electron chi connectivity index (χ1n) is 6.71. The number of sulfonamides is 1. The smallest absolute Gasteiger partial charge is 0.240 e. The van der Waals surface area contributed by atoms with Gasteiger partial charge in [-0.2, -0.15) is 0 Å². The molecule has 2 N–H and O–H groups in total. The van der Waals surface area contributed by atoms with Gasteiger partial charge in [0.2, 0.25) is 10.0 Å². The van der Waals surface area contributed by atoms with Crippen molar-refractivity contribution in [1.82, 2.24) is 4.72 Å². The van der Waals surface area contributed by atoms with Gasteiger partial charge in [-0.25, -0.2) is 13.1 Å². The number of anilines is 1. The highest BCUT2D eigenvalue weighted by Crippen LogP contribution is 2.25. The molecule has 1 atom stereocenters. The molecular formula is C13H18N2O4S. The van der Waals surface area contributed by atoms with Crippen LogP contribution in [0.3, 0.4) is 0 Å². The Kier molecular flexibility index (Phi) is 3.93. The van der Waals surface area contributed by atoms with Crippen molar-refractivity contribution in [2.45, 2.75) is 17.4 Å². The van der Waals surface area contributed by atoms with E-state index in [0.717, 1.165) is 24.2 Å². The van der Waals surface area contributed by atoms with E-state index in [2.05, 4.69) is 10.0 Å². The van der Waals surface area contributed by atoms with Crippen LogP contribution < -0.4 is 10.0 Å². The third-order valence-corrected chi connectivity index (χ3v) is 4.91. The van der Waals surface area contributed by atoms with Crippen LogP contribution in [0.1, 0.15) is 5.56 Å². The highest BCUT2D eigenvalue weighted by Gasteiger charge is 2.21. The molecule has 2 heterocycles. The van der Waals surface area contributed by atoms with Crippen LogP contribution in [-0.2, 0) is 25.9 Å². The molecule has 20 heavy (non-hydrogen) atoms. The number of nitrogens with one attached hydrogen (secondary N) is 2. The summed E-state index contributed by atoms with van der Waals surface area (Å²) in [5.41, 5.74) is 2.07. The second-order valence-corrected chi connectivity index (χ2v) is 6.68. The van der Waals surface area contributed by atoms with Crippen molar-refractivity contribution in [3.8, 4) is 0 Å². The summed E-state index contributed by atoms with van der Waals surface area (Å²) in [6.07, 6.45) is 0.724. The number of ether oxygens (including phenoxy) is 2. The van der Waals surface area contributed by atoms with E-state index in [-0.39, 0.29) is 17.5 Å². The zero-order valence-corrected chi connectivity index (χ0v) is 11.9. The van der Waals surface area contributed by atoms with E-state index >= 15 is 0 Å². The molecule has 0 radical (unpaired) electrons. The lowest BCUT2D eigenvalue weighted by molar-refractivity contribution is -0.0846. The van der Waals surface area contributed by atoms with Crippen molar-refractivity contribution < 1.29 is 17.9 Å². The first-order chi connectivity index (χ1) is 9.65. The molecule has 110 valence electrons. The molecule has 2 aliphatic rings. The maximum atomic E-state index is 12.2. The zero-order valence-electron chi connectivity index (χ0n) is 11.1. The fraction of sp³-hybridized carbons (Fsp3) is 0.538. The Hall–Kier alpha value is -1.15. The van der Waals surface area contributed by atoms with Gasteiger partial charge in [-0.15, -0.1) is 0 Å². The number of hydrogen-bond acceptors (Lipinski definition) is 5. The summed E-state index contributed by atoms with van der Waals surface area (Å²) >= 11 is 0. The van der Waals surface area contributed by atoms with Crippen molar-refractivity contribution in [2.75, 3.05) is 38.2 Å². The van der Waals surface area contributed by atoms with Crippen LogP contribution in [0.5, 0.6) is 0 Å². The van der Waals surface area contributed by atoms with Crippen molar-refractivity contribution in [3.63, 3.8) is 0 Å². The Bertz CT molecular complexity index is 582. The third-order valence-electron chi connectivity index (χ3n) is 3.49. The number of fused-ring (bicyclic) bond motifs is 1. The average Bonchev–Trinajstić information content (AvgIpc) is 2.94. The van der Waals surface area contributed by atoms with Gasteiger partial charge in [0, 0.05) is 18.8 Å². The van der Waals surface area contributed by atoms with Crippen LogP contribution in [0.15, 0.2) is 23.1 Å². The molecule has 6 nitrogen and oxygen atoms in total. The van der Waals surface area contributed by atoms with Crippen molar-refractivity contribution in [2.24, 2.45) is 0 Å². The van der Waals surface area contributed by atoms with Crippen LogP contribution in [-0.4, -0.2) is 47.4 Å². The van der Waals surface area contributed by atoms with Gasteiger partial charge in [0.25, 0.3) is 0 Å². The Morgan fingerprint density at radius 1 is 1.35 bits per heavy atom. The largest absolute Gasteiger partial charge is 0.384 e. The molecule has 0 aliphatic carbocycles. The Morgan fingerprint density at radius 2 is 2.25 bits per heavy atom. The SMILES string of the molecule is O=S(=O)(NCC1COCCO1)c1ccc2c(c1)NCC2. The molecule has 1 aromatic carbocycles. The Morgan fingerprint density at radius 3 is 3.05 bits per heavy atom. The summed E-state index contributed by atoms with van der Waals surface area (Å²) in [6.45, 7) is 2.59. The van der Waals surface area contributed by atoms with Crippen LogP contribution in [0.2, 0.25) is 0 Å². The summed E-state index contributed by atoms with van der Waals surface area (Å²) in [6, 6.07) is 5.19. The number of hydrogen-bond donors (Lipinski definition) is 2. The van der Waals surface area contributed by atoms with Crippen LogP contribution in [0, 0.1) is 0 Å². The Labute approximate surface area is 118 Å². The molecule has 1 unspecified atom stereocenters. The van der Waals surface area contributed by atoms with E-state index in [1.807, 2.05) is 6.07 Å². The maximum absolute atomic E-state index is 12.2. The van der Waals surface area contributed by atoms with Crippen molar-refractivity contribution in [3.05, 3.63) is 23.8 Å². The Balaban J connectivity index is 1.68. The van der Waals surface area contributed by atoms with Gasteiger partial charge in [0.15, 0.2) is 0 Å². The first kappa shape index (κ1) is 13.8. The predicted octanol–water partition coefficient (Wildman–Crippen LogP) is 0.348. The summed E-state index contributed by atoms with van der Waals surface area (Å²) in [5, 5.41) is 3.18. The lowest BCUT2D eigenvalue weighted by atomic mass is 10.2. The summed E-state index contributed by atoms with van der Waals surface area (Å²) < 4.78 is 37.7. The minimum atomic E-state index is -3.51. The lowest BCUT2D eigenvalue weighted by Crippen LogP contribution is -2.39. The van der Waals surface area contributed by atoms with Crippen LogP contribution >= 0.6 is 0 Å². The number of rotatable bonds is 4. The third kappa shape index (κ3) is 2.95. The van der Waals surface area contributed by atoms with E-state index in [9.17, 15) is 8.42 Å². The molecule has 0 aromatic heterocycles. The van der Waals surface area contributed by atoms with Gasteiger partial charge in [0.05, 0.1) is 30.8 Å². The summed E-state index contributed by atoms with van der Waals surface area (Å²) in [4.78, 5) is 0.280. The summed E-state index contributed by atoms with van der Waals surface area (Å²) in [5.74, 6) is 0. The molecule has 0 amide bonds. The van der Waals surface area contributed by atoms with Crippen LogP contribution in [0.4, 0.5) is 5.69 Å². The van der Waals surface area contributed by atoms with E-state index in [4.69, 9.17) is 9.47 Å². The van der Waals surface area contributed by atoms with Gasteiger partial charge < -0.3 is 14.8 Å². The fourth-order valence-corrected chi connectivity index (χ4v) is 3.47. The van der Waals surface area contributed by atoms with Gasteiger partial charge in [-0.1, -0.05) is 6.07 Å². The van der Waals surface area contributed by atoms with Gasteiger partial charge >= 0.3 is 0 Å². The predicted molar refractivity (Wildman–Crippen MR) is 74.4 cm³/mol. The fourth-order valence-electron chi connectivity index (χ4n) is 2.38. The van der Waals surface area contributed by atoms with Gasteiger partial charge in [-0.3, -0.25) is 0 Å². The zero-order chi connectivity index (χ0) is 14.0. The molecule has 1 saturated heterocycles. The molecule has 3 rings (SSSR count). The second kappa shape index (κ2) is 5.69. The summed E-state index contributed by atoms with van der Waals surface area (Å²) in [7, 11) is -3.51. The molecule has 2 aliphatic heterocycles. The molecule has 0 bridgehead atoms. The average molecular weight is 298 g/mol. The van der Waals surface area contributed by atoms with Crippen molar-refractivity contribution >= 4 is 15.7 Å².